The van der Waals surface area contributed by atoms with Gasteiger partial charge in [0.25, 0.3) is 0 Å². The molecule has 0 aliphatic heterocycles. The first kappa shape index (κ1) is 14.6. The molecule has 0 radical (unpaired) electrons. The zero-order valence-corrected chi connectivity index (χ0v) is 12.5. The number of likely N-dealkylation sites (N-methyl/N-ethyl adjacent to an activating group) is 1. The summed E-state index contributed by atoms with van der Waals surface area (Å²) in [6.45, 7) is 4.14. The Hall–Kier alpha value is -1.81. The average Bonchev–Trinajstić information content (AvgIpc) is 2.78. The van der Waals surface area contributed by atoms with Crippen molar-refractivity contribution in [2.75, 3.05) is 7.05 Å². The van der Waals surface area contributed by atoms with E-state index < -0.39 is 5.38 Å². The quantitative estimate of drug-likeness (QED) is 0.813. The van der Waals surface area contributed by atoms with Crippen LogP contribution in [0.1, 0.15) is 28.0 Å². The molecule has 5 heteroatoms. The first-order valence-corrected chi connectivity index (χ1v) is 6.80. The molecule has 1 unspecified atom stereocenters. The monoisotopic (exact) mass is 292 g/mol. The Morgan fingerprint density at radius 3 is 2.55 bits per heavy atom. The first-order chi connectivity index (χ1) is 9.50. The molecule has 1 aromatic carbocycles. The summed E-state index contributed by atoms with van der Waals surface area (Å²) in [7, 11) is 1.73. The molecule has 1 heterocycles. The molecule has 0 spiro atoms. The van der Waals surface area contributed by atoms with Crippen LogP contribution in [0.25, 0.3) is 0 Å². The number of carbonyl (C=O) groups excluding carboxylic acids is 1. The van der Waals surface area contributed by atoms with Gasteiger partial charge in [-0.3, -0.25) is 4.79 Å². The summed E-state index contributed by atoms with van der Waals surface area (Å²) < 4.78 is 5.10. The first-order valence-electron chi connectivity index (χ1n) is 6.36. The number of halogens is 1. The lowest BCUT2D eigenvalue weighted by Crippen LogP contribution is -2.29. The van der Waals surface area contributed by atoms with Gasteiger partial charge in [0.2, 0.25) is 5.91 Å². The second kappa shape index (κ2) is 6.09. The van der Waals surface area contributed by atoms with E-state index in [4.69, 9.17) is 16.1 Å². The van der Waals surface area contributed by atoms with E-state index in [1.165, 1.54) is 0 Å². The zero-order chi connectivity index (χ0) is 14.7. The van der Waals surface area contributed by atoms with Crippen LogP contribution in [0.3, 0.4) is 0 Å². The van der Waals surface area contributed by atoms with Gasteiger partial charge in [-0.05, 0) is 19.4 Å². The van der Waals surface area contributed by atoms with Crippen LogP contribution in [0.15, 0.2) is 34.9 Å². The van der Waals surface area contributed by atoms with Gasteiger partial charge < -0.3 is 9.42 Å². The molecule has 0 N–H and O–H groups in total. The maximum atomic E-state index is 12.3. The number of hydrogen-bond donors (Lipinski definition) is 0. The average molecular weight is 293 g/mol. The van der Waals surface area contributed by atoms with Crippen LogP contribution in [-0.2, 0) is 11.3 Å². The van der Waals surface area contributed by atoms with Crippen LogP contribution in [0.4, 0.5) is 0 Å². The van der Waals surface area contributed by atoms with Crippen molar-refractivity contribution in [1.82, 2.24) is 10.1 Å². The summed E-state index contributed by atoms with van der Waals surface area (Å²) in [6, 6.07) is 9.32. The molecule has 106 valence electrons. The predicted molar refractivity (Wildman–Crippen MR) is 77.5 cm³/mol. The van der Waals surface area contributed by atoms with Crippen molar-refractivity contribution in [3.05, 3.63) is 52.9 Å². The summed E-state index contributed by atoms with van der Waals surface area (Å²) in [5.74, 6) is 0.589. The van der Waals surface area contributed by atoms with Gasteiger partial charge in [0.05, 0.1) is 12.2 Å². The Bertz CT molecular complexity index is 576. The lowest BCUT2D eigenvalue weighted by atomic mass is 10.1. The van der Waals surface area contributed by atoms with E-state index in [9.17, 15) is 4.79 Å². The third kappa shape index (κ3) is 3.02. The molecule has 0 aliphatic carbocycles. The van der Waals surface area contributed by atoms with E-state index in [0.29, 0.717) is 6.54 Å². The number of amides is 1. The van der Waals surface area contributed by atoms with Crippen molar-refractivity contribution in [2.24, 2.45) is 0 Å². The highest BCUT2D eigenvalue weighted by Crippen LogP contribution is 2.24. The number of alkyl halides is 1. The van der Waals surface area contributed by atoms with Crippen molar-refractivity contribution >= 4 is 17.5 Å². The second-order valence-corrected chi connectivity index (χ2v) is 5.21. The van der Waals surface area contributed by atoms with Crippen molar-refractivity contribution in [2.45, 2.75) is 25.8 Å². The Kier molecular flexibility index (Phi) is 4.45. The second-order valence-electron chi connectivity index (χ2n) is 4.77. The van der Waals surface area contributed by atoms with Crippen molar-refractivity contribution < 1.29 is 9.32 Å². The van der Waals surface area contributed by atoms with E-state index >= 15 is 0 Å². The fourth-order valence-electron chi connectivity index (χ4n) is 2.00. The number of aromatic nitrogens is 1. The van der Waals surface area contributed by atoms with E-state index in [2.05, 4.69) is 5.16 Å². The minimum Gasteiger partial charge on any atom is -0.361 e. The normalized spacial score (nSPS) is 12.2. The molecule has 2 aromatic rings. The number of aryl methyl sites for hydroxylation is 2. The third-order valence-electron chi connectivity index (χ3n) is 3.26. The maximum Gasteiger partial charge on any atom is 0.245 e. The van der Waals surface area contributed by atoms with Crippen molar-refractivity contribution in [1.29, 1.82) is 0 Å². The summed E-state index contributed by atoms with van der Waals surface area (Å²) >= 11 is 6.24. The van der Waals surface area contributed by atoms with Crippen molar-refractivity contribution in [3.63, 3.8) is 0 Å². The highest BCUT2D eigenvalue weighted by Gasteiger charge is 2.23. The van der Waals surface area contributed by atoms with E-state index in [-0.39, 0.29) is 5.91 Å². The molecule has 0 bridgehead atoms. The van der Waals surface area contributed by atoms with Crippen LogP contribution in [0, 0.1) is 13.8 Å². The van der Waals surface area contributed by atoms with Gasteiger partial charge in [-0.2, -0.15) is 0 Å². The number of nitrogens with zero attached hydrogens (tertiary/aromatic N) is 2. The maximum absolute atomic E-state index is 12.3. The predicted octanol–water partition coefficient (Wildman–Crippen LogP) is 3.23. The fraction of sp³-hybridized carbons (Fsp3) is 0.333. The SMILES string of the molecule is Cc1noc(C)c1CN(C)C(=O)C(Cl)c1ccccc1. The molecular weight excluding hydrogens is 276 g/mol. The summed E-state index contributed by atoms with van der Waals surface area (Å²) in [4.78, 5) is 13.9. The minimum absolute atomic E-state index is 0.141. The smallest absolute Gasteiger partial charge is 0.245 e. The molecule has 0 saturated carbocycles. The van der Waals surface area contributed by atoms with Crippen LogP contribution in [0.5, 0.6) is 0 Å². The van der Waals surface area contributed by atoms with Crippen LogP contribution in [0.2, 0.25) is 0 Å². The largest absolute Gasteiger partial charge is 0.361 e. The van der Waals surface area contributed by atoms with Gasteiger partial charge in [0.15, 0.2) is 0 Å². The Balaban J connectivity index is 2.09. The molecule has 0 fully saturated rings. The molecule has 4 nitrogen and oxygen atoms in total. The van der Waals surface area contributed by atoms with Crippen LogP contribution < -0.4 is 0 Å². The molecule has 1 atom stereocenters. The van der Waals surface area contributed by atoms with Gasteiger partial charge in [-0.1, -0.05) is 35.5 Å². The number of hydrogen-bond acceptors (Lipinski definition) is 3. The lowest BCUT2D eigenvalue weighted by molar-refractivity contribution is -0.130. The number of rotatable bonds is 4. The Labute approximate surface area is 123 Å². The van der Waals surface area contributed by atoms with E-state index in [0.717, 1.165) is 22.6 Å². The molecule has 1 aromatic heterocycles. The summed E-state index contributed by atoms with van der Waals surface area (Å²) in [5, 5.41) is 3.21. The molecule has 2 rings (SSSR count). The Morgan fingerprint density at radius 1 is 1.35 bits per heavy atom. The molecule has 0 aliphatic rings. The number of benzene rings is 1. The number of carbonyl (C=O) groups is 1. The van der Waals surface area contributed by atoms with Crippen LogP contribution in [-0.4, -0.2) is 23.0 Å². The highest BCUT2D eigenvalue weighted by molar-refractivity contribution is 6.30. The molecule has 1 amide bonds. The van der Waals surface area contributed by atoms with E-state index in [1.54, 1.807) is 11.9 Å². The van der Waals surface area contributed by atoms with Crippen LogP contribution >= 0.6 is 11.6 Å². The molecular formula is C15H17ClN2O2. The standard InChI is InChI=1S/C15H17ClN2O2/c1-10-13(11(2)20-17-10)9-18(3)15(19)14(16)12-7-5-4-6-8-12/h4-8,14H,9H2,1-3H3. The highest BCUT2D eigenvalue weighted by atomic mass is 35.5. The van der Waals surface area contributed by atoms with E-state index in [1.807, 2.05) is 44.2 Å². The summed E-state index contributed by atoms with van der Waals surface area (Å²) in [5.41, 5.74) is 2.52. The minimum atomic E-state index is -0.679. The van der Waals surface area contributed by atoms with Gasteiger partial charge in [-0.25, -0.2) is 0 Å². The fourth-order valence-corrected chi connectivity index (χ4v) is 2.31. The van der Waals surface area contributed by atoms with Crippen molar-refractivity contribution in [3.8, 4) is 0 Å². The third-order valence-corrected chi connectivity index (χ3v) is 3.70. The van der Waals surface area contributed by atoms with Gasteiger partial charge in [0, 0.05) is 12.6 Å². The lowest BCUT2D eigenvalue weighted by Gasteiger charge is -2.20. The molecule has 0 saturated heterocycles. The molecule has 20 heavy (non-hydrogen) atoms. The van der Waals surface area contributed by atoms with Gasteiger partial charge >= 0.3 is 0 Å². The topological polar surface area (TPSA) is 46.3 Å². The zero-order valence-electron chi connectivity index (χ0n) is 11.8. The Morgan fingerprint density at radius 2 is 2.00 bits per heavy atom. The van der Waals surface area contributed by atoms with Gasteiger partial charge in [0.1, 0.15) is 11.1 Å². The summed E-state index contributed by atoms with van der Waals surface area (Å²) in [6.07, 6.45) is 0. The van der Waals surface area contributed by atoms with Gasteiger partial charge in [-0.15, -0.1) is 11.6 Å².